The van der Waals surface area contributed by atoms with Gasteiger partial charge in [-0.1, -0.05) is 0 Å². The molecule has 1 fully saturated rings. The summed E-state index contributed by atoms with van der Waals surface area (Å²) >= 11 is 0. The Hall–Kier alpha value is -2.22. The molecule has 7 nitrogen and oxygen atoms in total. The SMILES string of the molecule is Cl.Cl.O=C(Nc1ccnc2ccncc12)C1(n2cccn2)CCNCC1. The van der Waals surface area contributed by atoms with Gasteiger partial charge in [0.05, 0.1) is 11.2 Å². The Balaban J connectivity index is 0.00000121. The van der Waals surface area contributed by atoms with E-state index in [1.165, 1.54) is 0 Å². The van der Waals surface area contributed by atoms with Crippen LogP contribution in [0.15, 0.2) is 49.2 Å². The molecule has 9 heteroatoms. The first kappa shape index (κ1) is 20.1. The Labute approximate surface area is 163 Å². The van der Waals surface area contributed by atoms with E-state index in [4.69, 9.17) is 0 Å². The molecule has 138 valence electrons. The minimum atomic E-state index is -0.674. The highest BCUT2D eigenvalue weighted by Crippen LogP contribution is 2.30. The molecule has 0 aromatic carbocycles. The van der Waals surface area contributed by atoms with Gasteiger partial charge in [-0.25, -0.2) is 0 Å². The second-order valence-electron chi connectivity index (χ2n) is 5.94. The van der Waals surface area contributed by atoms with Crippen molar-refractivity contribution < 1.29 is 4.79 Å². The van der Waals surface area contributed by atoms with Gasteiger partial charge in [-0.2, -0.15) is 5.10 Å². The van der Waals surface area contributed by atoms with Crippen molar-refractivity contribution in [2.24, 2.45) is 0 Å². The molecule has 3 aromatic heterocycles. The number of anilines is 1. The number of carbonyl (C=O) groups excluding carboxylic acids is 1. The third-order valence-electron chi connectivity index (χ3n) is 4.59. The van der Waals surface area contributed by atoms with Gasteiger partial charge in [0.2, 0.25) is 0 Å². The monoisotopic (exact) mass is 394 g/mol. The molecule has 0 spiro atoms. The molecular formula is C17H20Cl2N6O. The fourth-order valence-electron chi connectivity index (χ4n) is 3.26. The first-order valence-corrected chi connectivity index (χ1v) is 8.01. The first-order chi connectivity index (χ1) is 11.8. The lowest BCUT2D eigenvalue weighted by molar-refractivity contribution is -0.126. The van der Waals surface area contributed by atoms with Crippen LogP contribution in [0.3, 0.4) is 0 Å². The zero-order chi connectivity index (χ0) is 16.4. The van der Waals surface area contributed by atoms with E-state index in [-0.39, 0.29) is 30.7 Å². The lowest BCUT2D eigenvalue weighted by Crippen LogP contribution is -2.52. The van der Waals surface area contributed by atoms with Crippen molar-refractivity contribution in [2.75, 3.05) is 18.4 Å². The Morgan fingerprint density at radius 3 is 2.69 bits per heavy atom. The van der Waals surface area contributed by atoms with E-state index in [9.17, 15) is 4.79 Å². The zero-order valence-electron chi connectivity index (χ0n) is 14.0. The molecule has 0 atom stereocenters. The summed E-state index contributed by atoms with van der Waals surface area (Å²) in [4.78, 5) is 21.6. The Bertz CT molecular complexity index is 859. The van der Waals surface area contributed by atoms with Crippen LogP contribution in [0.4, 0.5) is 5.69 Å². The summed E-state index contributed by atoms with van der Waals surface area (Å²) in [6.07, 6.45) is 10.1. The van der Waals surface area contributed by atoms with Crippen LogP contribution < -0.4 is 10.6 Å². The van der Waals surface area contributed by atoms with E-state index in [1.807, 2.05) is 18.3 Å². The van der Waals surface area contributed by atoms with Gasteiger partial charge in [0, 0.05) is 36.4 Å². The quantitative estimate of drug-likeness (QED) is 0.712. The summed E-state index contributed by atoms with van der Waals surface area (Å²) in [5.74, 6) is -0.0518. The number of amides is 1. The third kappa shape index (κ3) is 3.51. The number of aromatic nitrogens is 4. The fraction of sp³-hybridized carbons (Fsp3) is 0.294. The van der Waals surface area contributed by atoms with Crippen molar-refractivity contribution >= 4 is 47.3 Å². The maximum absolute atomic E-state index is 13.2. The number of rotatable bonds is 3. The molecule has 0 saturated carbocycles. The van der Waals surface area contributed by atoms with Gasteiger partial charge in [0.1, 0.15) is 5.54 Å². The topological polar surface area (TPSA) is 84.7 Å². The van der Waals surface area contributed by atoms with Crippen molar-refractivity contribution in [1.82, 2.24) is 25.1 Å². The number of nitrogens with zero attached hydrogens (tertiary/aromatic N) is 4. The number of pyridine rings is 2. The standard InChI is InChI=1S/C17H18N6O.2ClH/c24-16(17(4-9-18-10-5-17)23-11-1-6-21-23)22-15-3-8-20-14-2-7-19-12-13(14)15;;/h1-3,6-8,11-12,18H,4-5,9-10H2,(H,20,22,24);2*1H. The molecule has 2 N–H and O–H groups in total. The van der Waals surface area contributed by atoms with Crippen molar-refractivity contribution in [3.63, 3.8) is 0 Å². The number of nitrogens with one attached hydrogen (secondary N) is 2. The van der Waals surface area contributed by atoms with Crippen molar-refractivity contribution in [1.29, 1.82) is 0 Å². The maximum Gasteiger partial charge on any atom is 0.252 e. The van der Waals surface area contributed by atoms with Gasteiger partial charge in [-0.05, 0) is 44.1 Å². The summed E-state index contributed by atoms with van der Waals surface area (Å²) in [6, 6.07) is 5.49. The Morgan fingerprint density at radius 1 is 1.15 bits per heavy atom. The van der Waals surface area contributed by atoms with E-state index >= 15 is 0 Å². The predicted molar refractivity (Wildman–Crippen MR) is 105 cm³/mol. The van der Waals surface area contributed by atoms with Crippen molar-refractivity contribution in [2.45, 2.75) is 18.4 Å². The van der Waals surface area contributed by atoms with Gasteiger partial charge in [-0.3, -0.25) is 19.4 Å². The molecule has 3 aromatic rings. The Morgan fingerprint density at radius 2 is 1.96 bits per heavy atom. The van der Waals surface area contributed by atoms with Gasteiger partial charge < -0.3 is 10.6 Å². The van der Waals surface area contributed by atoms with E-state index in [0.29, 0.717) is 12.8 Å². The van der Waals surface area contributed by atoms with Crippen LogP contribution in [0.25, 0.3) is 10.9 Å². The molecule has 0 bridgehead atoms. The highest BCUT2D eigenvalue weighted by Gasteiger charge is 2.42. The molecule has 4 heterocycles. The Kier molecular flexibility index (Phi) is 6.52. The highest BCUT2D eigenvalue weighted by molar-refractivity contribution is 6.03. The lowest BCUT2D eigenvalue weighted by atomic mass is 9.87. The number of piperidine rings is 1. The molecule has 1 saturated heterocycles. The average molecular weight is 395 g/mol. The predicted octanol–water partition coefficient (Wildman–Crippen LogP) is 2.39. The molecule has 0 radical (unpaired) electrons. The minimum absolute atomic E-state index is 0. The van der Waals surface area contributed by atoms with Gasteiger partial charge in [0.25, 0.3) is 5.91 Å². The third-order valence-corrected chi connectivity index (χ3v) is 4.59. The second kappa shape index (κ2) is 8.44. The van der Waals surface area contributed by atoms with Crippen LogP contribution in [0.2, 0.25) is 0 Å². The molecule has 1 aliphatic heterocycles. The maximum atomic E-state index is 13.2. The number of halogens is 2. The molecule has 1 amide bonds. The molecule has 0 unspecified atom stereocenters. The van der Waals surface area contributed by atoms with Crippen LogP contribution in [0.1, 0.15) is 12.8 Å². The summed E-state index contributed by atoms with van der Waals surface area (Å²) < 4.78 is 1.78. The van der Waals surface area contributed by atoms with Crippen molar-refractivity contribution in [3.05, 3.63) is 49.2 Å². The lowest BCUT2D eigenvalue weighted by Gasteiger charge is -2.36. The minimum Gasteiger partial charge on any atom is -0.323 e. The molecule has 1 aliphatic rings. The molecule has 26 heavy (non-hydrogen) atoms. The van der Waals surface area contributed by atoms with Gasteiger partial charge in [0.15, 0.2) is 0 Å². The van der Waals surface area contributed by atoms with E-state index < -0.39 is 5.54 Å². The van der Waals surface area contributed by atoms with Crippen LogP contribution >= 0.6 is 24.8 Å². The fourth-order valence-corrected chi connectivity index (χ4v) is 3.26. The first-order valence-electron chi connectivity index (χ1n) is 8.01. The van der Waals surface area contributed by atoms with Crippen LogP contribution in [0, 0.1) is 0 Å². The summed E-state index contributed by atoms with van der Waals surface area (Å²) in [7, 11) is 0. The van der Waals surface area contributed by atoms with Crippen LogP contribution in [-0.4, -0.2) is 38.7 Å². The second-order valence-corrected chi connectivity index (χ2v) is 5.94. The molecule has 4 rings (SSSR count). The number of carbonyl (C=O) groups is 1. The molecule has 0 aliphatic carbocycles. The van der Waals surface area contributed by atoms with Crippen molar-refractivity contribution in [3.8, 4) is 0 Å². The normalized spacial score (nSPS) is 15.5. The van der Waals surface area contributed by atoms with Gasteiger partial charge in [-0.15, -0.1) is 24.8 Å². The van der Waals surface area contributed by atoms with Crippen LogP contribution in [-0.2, 0) is 10.3 Å². The van der Waals surface area contributed by atoms with E-state index in [0.717, 1.165) is 29.7 Å². The number of fused-ring (bicyclic) bond motifs is 1. The summed E-state index contributed by atoms with van der Waals surface area (Å²) in [5, 5.41) is 11.6. The van der Waals surface area contributed by atoms with E-state index in [1.54, 1.807) is 35.5 Å². The van der Waals surface area contributed by atoms with Crippen LogP contribution in [0.5, 0.6) is 0 Å². The largest absolute Gasteiger partial charge is 0.323 e. The number of hydrogen-bond donors (Lipinski definition) is 2. The highest BCUT2D eigenvalue weighted by atomic mass is 35.5. The average Bonchev–Trinajstić information content (AvgIpc) is 3.18. The summed E-state index contributed by atoms with van der Waals surface area (Å²) in [6.45, 7) is 1.57. The zero-order valence-corrected chi connectivity index (χ0v) is 15.6. The smallest absolute Gasteiger partial charge is 0.252 e. The van der Waals surface area contributed by atoms with E-state index in [2.05, 4.69) is 25.7 Å². The van der Waals surface area contributed by atoms with Gasteiger partial charge >= 0.3 is 0 Å². The number of hydrogen-bond acceptors (Lipinski definition) is 5. The molecular weight excluding hydrogens is 375 g/mol. The summed E-state index contributed by atoms with van der Waals surface area (Å²) in [5.41, 5.74) is 0.858.